The fourth-order valence-corrected chi connectivity index (χ4v) is 1.94. The largest absolute Gasteiger partial charge is 0.369 e. The maximum absolute atomic E-state index is 4.92. The third-order valence-electron chi connectivity index (χ3n) is 2.37. The quantitative estimate of drug-likeness (QED) is 0.805. The smallest absolute Gasteiger partial charge is 0.228 e. The first kappa shape index (κ1) is 13.7. The molecule has 0 aliphatic heterocycles. The van der Waals surface area contributed by atoms with Gasteiger partial charge >= 0.3 is 0 Å². The Labute approximate surface area is 119 Å². The third kappa shape index (κ3) is 3.88. The van der Waals surface area contributed by atoms with Gasteiger partial charge in [-0.05, 0) is 22.4 Å². The molecule has 0 saturated heterocycles. The van der Waals surface area contributed by atoms with Crippen molar-refractivity contribution in [2.45, 2.75) is 19.8 Å². The summed E-state index contributed by atoms with van der Waals surface area (Å²) in [7, 11) is 0. The van der Waals surface area contributed by atoms with Crippen molar-refractivity contribution in [3.05, 3.63) is 23.0 Å². The summed E-state index contributed by atoms with van der Waals surface area (Å²) in [5.74, 6) is 2.13. The van der Waals surface area contributed by atoms with Crippen LogP contribution in [0.4, 0.5) is 11.6 Å². The Morgan fingerprint density at radius 3 is 2.47 bits per heavy atom. The van der Waals surface area contributed by atoms with Gasteiger partial charge in [0, 0.05) is 19.5 Å². The normalized spacial score (nSPS) is 10.4. The Hall–Kier alpha value is -1.70. The molecule has 2 heterocycles. The van der Waals surface area contributed by atoms with Gasteiger partial charge in [0.05, 0.1) is 0 Å². The third-order valence-corrected chi connectivity index (χ3v) is 3.12. The number of hydrogen-bond acceptors (Lipinski definition) is 7. The summed E-state index contributed by atoms with van der Waals surface area (Å²) in [5, 5.41) is 9.98. The van der Waals surface area contributed by atoms with E-state index in [0.29, 0.717) is 18.9 Å². The van der Waals surface area contributed by atoms with Crippen LogP contribution in [0.15, 0.2) is 21.7 Å². The SMILES string of the molecule is CCCNc1ncnc(NCCc2ncno2)c1Br. The Morgan fingerprint density at radius 2 is 1.84 bits per heavy atom. The van der Waals surface area contributed by atoms with Crippen LogP contribution in [-0.4, -0.2) is 33.2 Å². The number of hydrogen-bond donors (Lipinski definition) is 2. The Balaban J connectivity index is 1.92. The molecule has 0 atom stereocenters. The van der Waals surface area contributed by atoms with Crippen molar-refractivity contribution >= 4 is 27.6 Å². The van der Waals surface area contributed by atoms with Crippen molar-refractivity contribution in [2.75, 3.05) is 23.7 Å². The van der Waals surface area contributed by atoms with Crippen LogP contribution in [0.2, 0.25) is 0 Å². The topological polar surface area (TPSA) is 88.8 Å². The summed E-state index contributed by atoms with van der Waals surface area (Å²) in [5.41, 5.74) is 0. The zero-order valence-electron chi connectivity index (χ0n) is 10.6. The highest BCUT2D eigenvalue weighted by Gasteiger charge is 2.08. The summed E-state index contributed by atoms with van der Waals surface area (Å²) in [6, 6.07) is 0. The molecule has 2 aromatic rings. The lowest BCUT2D eigenvalue weighted by Gasteiger charge is -2.10. The predicted octanol–water partition coefficient (Wildman–Crippen LogP) is 2.10. The highest BCUT2D eigenvalue weighted by Crippen LogP contribution is 2.26. The zero-order valence-corrected chi connectivity index (χ0v) is 12.1. The molecule has 2 rings (SSSR count). The van der Waals surface area contributed by atoms with Crippen LogP contribution in [0.3, 0.4) is 0 Å². The number of aromatic nitrogens is 4. The van der Waals surface area contributed by atoms with Crippen molar-refractivity contribution < 1.29 is 4.52 Å². The molecule has 0 unspecified atom stereocenters. The van der Waals surface area contributed by atoms with Crippen LogP contribution in [0.1, 0.15) is 19.2 Å². The van der Waals surface area contributed by atoms with Gasteiger partial charge in [-0.25, -0.2) is 9.97 Å². The average molecular weight is 327 g/mol. The molecule has 19 heavy (non-hydrogen) atoms. The van der Waals surface area contributed by atoms with E-state index in [2.05, 4.69) is 53.6 Å². The van der Waals surface area contributed by atoms with E-state index in [9.17, 15) is 0 Å². The van der Waals surface area contributed by atoms with E-state index in [4.69, 9.17) is 4.52 Å². The lowest BCUT2D eigenvalue weighted by molar-refractivity contribution is 0.379. The van der Waals surface area contributed by atoms with Gasteiger partial charge in [0.1, 0.15) is 22.4 Å². The maximum atomic E-state index is 4.92. The van der Waals surface area contributed by atoms with Crippen molar-refractivity contribution in [2.24, 2.45) is 0 Å². The molecule has 0 aliphatic rings. The molecule has 0 aliphatic carbocycles. The number of nitrogens with zero attached hydrogens (tertiary/aromatic N) is 4. The summed E-state index contributed by atoms with van der Waals surface area (Å²) in [6.07, 6.45) is 4.60. The highest BCUT2D eigenvalue weighted by atomic mass is 79.9. The molecular weight excluding hydrogens is 312 g/mol. The second-order valence-electron chi connectivity index (χ2n) is 3.82. The van der Waals surface area contributed by atoms with Gasteiger partial charge in [0.15, 0.2) is 6.33 Å². The summed E-state index contributed by atoms with van der Waals surface area (Å²) >= 11 is 3.49. The Bertz CT molecular complexity index is 504. The van der Waals surface area contributed by atoms with Crippen LogP contribution in [0.25, 0.3) is 0 Å². The molecule has 0 saturated carbocycles. The van der Waals surface area contributed by atoms with E-state index in [1.807, 2.05) is 0 Å². The Kier molecular flexibility index (Phi) is 5.08. The molecule has 102 valence electrons. The van der Waals surface area contributed by atoms with Gasteiger partial charge in [-0.1, -0.05) is 12.1 Å². The van der Waals surface area contributed by atoms with E-state index < -0.39 is 0 Å². The minimum Gasteiger partial charge on any atom is -0.369 e. The summed E-state index contributed by atoms with van der Waals surface area (Å²) in [4.78, 5) is 12.3. The molecule has 8 heteroatoms. The minimum absolute atomic E-state index is 0.599. The van der Waals surface area contributed by atoms with E-state index >= 15 is 0 Å². The van der Waals surface area contributed by atoms with E-state index in [1.54, 1.807) is 0 Å². The first-order chi connectivity index (χ1) is 9.31. The fraction of sp³-hybridized carbons (Fsp3) is 0.455. The first-order valence-electron chi connectivity index (χ1n) is 6.05. The molecule has 2 N–H and O–H groups in total. The number of anilines is 2. The summed E-state index contributed by atoms with van der Waals surface area (Å²) in [6.45, 7) is 3.63. The standard InChI is InChI=1S/C11H15BrN6O/c1-2-4-13-10-9(12)11(17-6-16-10)14-5-3-8-15-7-18-19-8/h6-7H,2-5H2,1H3,(H2,13,14,16,17). The van der Waals surface area contributed by atoms with E-state index in [0.717, 1.165) is 29.1 Å². The molecule has 2 aromatic heterocycles. The molecule has 0 spiro atoms. The van der Waals surface area contributed by atoms with Crippen molar-refractivity contribution in [3.63, 3.8) is 0 Å². The molecule has 0 aromatic carbocycles. The fourth-order valence-electron chi connectivity index (χ4n) is 1.45. The number of rotatable bonds is 7. The average Bonchev–Trinajstić information content (AvgIpc) is 2.92. The first-order valence-corrected chi connectivity index (χ1v) is 6.84. The minimum atomic E-state index is 0.599. The van der Waals surface area contributed by atoms with Gasteiger partial charge in [-0.15, -0.1) is 0 Å². The lowest BCUT2D eigenvalue weighted by atomic mass is 10.4. The molecule has 7 nitrogen and oxygen atoms in total. The highest BCUT2D eigenvalue weighted by molar-refractivity contribution is 9.10. The predicted molar refractivity (Wildman–Crippen MR) is 75.0 cm³/mol. The van der Waals surface area contributed by atoms with E-state index in [1.165, 1.54) is 12.7 Å². The van der Waals surface area contributed by atoms with Gasteiger partial charge in [0.25, 0.3) is 0 Å². The lowest BCUT2D eigenvalue weighted by Crippen LogP contribution is -2.10. The van der Waals surface area contributed by atoms with Gasteiger partial charge < -0.3 is 15.2 Å². The van der Waals surface area contributed by atoms with Crippen LogP contribution in [0.5, 0.6) is 0 Å². The van der Waals surface area contributed by atoms with Gasteiger partial charge in [-0.3, -0.25) is 0 Å². The van der Waals surface area contributed by atoms with Gasteiger partial charge in [0.2, 0.25) is 5.89 Å². The second-order valence-corrected chi connectivity index (χ2v) is 4.62. The van der Waals surface area contributed by atoms with Crippen LogP contribution in [-0.2, 0) is 6.42 Å². The maximum Gasteiger partial charge on any atom is 0.228 e. The molecule has 0 amide bonds. The van der Waals surface area contributed by atoms with Crippen molar-refractivity contribution in [3.8, 4) is 0 Å². The van der Waals surface area contributed by atoms with Crippen LogP contribution < -0.4 is 10.6 Å². The monoisotopic (exact) mass is 326 g/mol. The molecule has 0 radical (unpaired) electrons. The molecule has 0 fully saturated rings. The van der Waals surface area contributed by atoms with Crippen LogP contribution in [0, 0.1) is 0 Å². The number of nitrogens with one attached hydrogen (secondary N) is 2. The summed E-state index contributed by atoms with van der Waals surface area (Å²) < 4.78 is 5.75. The van der Waals surface area contributed by atoms with Crippen LogP contribution >= 0.6 is 15.9 Å². The molecule has 0 bridgehead atoms. The van der Waals surface area contributed by atoms with Gasteiger partial charge in [-0.2, -0.15) is 4.98 Å². The zero-order chi connectivity index (χ0) is 13.5. The second kappa shape index (κ2) is 7.03. The number of halogens is 1. The van der Waals surface area contributed by atoms with Crippen molar-refractivity contribution in [1.82, 2.24) is 20.1 Å². The Morgan fingerprint density at radius 1 is 1.11 bits per heavy atom. The van der Waals surface area contributed by atoms with E-state index in [-0.39, 0.29) is 0 Å². The molecular formula is C11H15BrN6O. The van der Waals surface area contributed by atoms with Crippen molar-refractivity contribution in [1.29, 1.82) is 0 Å².